The van der Waals surface area contributed by atoms with Gasteiger partial charge in [0.25, 0.3) is 0 Å². The first kappa shape index (κ1) is 17.4. The van der Waals surface area contributed by atoms with Crippen molar-refractivity contribution in [3.8, 4) is 0 Å². The second kappa shape index (κ2) is 7.32. The fraction of sp³-hybridized carbons (Fsp3) is 0.435. The van der Waals surface area contributed by atoms with Crippen LogP contribution in [0.1, 0.15) is 54.8 Å². The number of hydrogen-bond donors (Lipinski definition) is 1. The van der Waals surface area contributed by atoms with Gasteiger partial charge >= 0.3 is 0 Å². The largest absolute Gasteiger partial charge is 0.309 e. The molecule has 0 unspecified atom stereocenters. The number of halogens is 1. The number of Topliss-reactive ketones (excluding diaryl/α,β-unsaturated/α-hetero) is 1. The standard InChI is InChI=1S/C23H26FNO/c1-15(17-8-10-20(24)11-9-17)22(26)13-19-12-18-4-2-3-5-21(18)23(19)25-14-16-6-7-16/h2-5,8-11,15-16,19,23,25H,6-7,12-14H2,1H3/t15-,19+,23+/m0/s1. The molecule has 1 fully saturated rings. The number of carbonyl (C=O) groups is 1. The van der Waals surface area contributed by atoms with Gasteiger partial charge in [-0.05, 0) is 66.5 Å². The minimum atomic E-state index is -0.260. The first-order valence-electron chi connectivity index (χ1n) is 9.71. The van der Waals surface area contributed by atoms with E-state index in [4.69, 9.17) is 0 Å². The van der Waals surface area contributed by atoms with Crippen LogP contribution >= 0.6 is 0 Å². The van der Waals surface area contributed by atoms with E-state index in [2.05, 4.69) is 29.6 Å². The molecular formula is C23H26FNO. The third-order valence-electron chi connectivity index (χ3n) is 5.98. The number of nitrogens with one attached hydrogen (secondary N) is 1. The van der Waals surface area contributed by atoms with E-state index in [9.17, 15) is 9.18 Å². The highest BCUT2D eigenvalue weighted by Gasteiger charge is 2.35. The molecule has 2 aromatic carbocycles. The SMILES string of the molecule is C[C@H](C(=O)C[C@H]1Cc2ccccc2[C@@H]1NCC1CC1)c1ccc(F)cc1. The number of rotatable bonds is 7. The smallest absolute Gasteiger partial charge is 0.140 e. The van der Waals surface area contributed by atoms with Crippen molar-refractivity contribution in [2.24, 2.45) is 11.8 Å². The molecule has 4 rings (SSSR count). The molecule has 0 heterocycles. The molecule has 0 bridgehead atoms. The van der Waals surface area contributed by atoms with Crippen LogP contribution in [-0.4, -0.2) is 12.3 Å². The molecular weight excluding hydrogens is 325 g/mol. The van der Waals surface area contributed by atoms with Crippen molar-refractivity contribution in [1.82, 2.24) is 5.32 Å². The molecule has 2 aromatic rings. The summed E-state index contributed by atoms with van der Waals surface area (Å²) in [5.41, 5.74) is 3.63. The van der Waals surface area contributed by atoms with Crippen LogP contribution in [0.4, 0.5) is 4.39 Å². The molecule has 2 aliphatic rings. The van der Waals surface area contributed by atoms with Crippen LogP contribution < -0.4 is 5.32 Å². The molecule has 26 heavy (non-hydrogen) atoms. The lowest BCUT2D eigenvalue weighted by Gasteiger charge is -2.23. The van der Waals surface area contributed by atoms with Gasteiger partial charge in [0.05, 0.1) is 0 Å². The van der Waals surface area contributed by atoms with E-state index in [-0.39, 0.29) is 23.6 Å². The van der Waals surface area contributed by atoms with Gasteiger partial charge < -0.3 is 5.32 Å². The van der Waals surface area contributed by atoms with Crippen molar-refractivity contribution in [2.45, 2.75) is 44.6 Å². The van der Waals surface area contributed by atoms with Crippen molar-refractivity contribution in [1.29, 1.82) is 0 Å². The van der Waals surface area contributed by atoms with E-state index >= 15 is 0 Å². The van der Waals surface area contributed by atoms with Crippen molar-refractivity contribution < 1.29 is 9.18 Å². The van der Waals surface area contributed by atoms with Crippen LogP contribution in [0.25, 0.3) is 0 Å². The topological polar surface area (TPSA) is 29.1 Å². The minimum absolute atomic E-state index is 0.191. The van der Waals surface area contributed by atoms with Gasteiger partial charge in [-0.2, -0.15) is 0 Å². The van der Waals surface area contributed by atoms with Crippen LogP contribution in [0.5, 0.6) is 0 Å². The van der Waals surface area contributed by atoms with Crippen LogP contribution in [0.2, 0.25) is 0 Å². The van der Waals surface area contributed by atoms with Crippen molar-refractivity contribution in [3.05, 3.63) is 71.0 Å². The zero-order chi connectivity index (χ0) is 18.1. The molecule has 3 atom stereocenters. The highest BCUT2D eigenvalue weighted by atomic mass is 19.1. The van der Waals surface area contributed by atoms with Gasteiger partial charge in [-0.3, -0.25) is 4.79 Å². The first-order chi connectivity index (χ1) is 12.6. The minimum Gasteiger partial charge on any atom is -0.309 e. The molecule has 0 spiro atoms. The zero-order valence-electron chi connectivity index (χ0n) is 15.2. The van der Waals surface area contributed by atoms with Crippen LogP contribution in [-0.2, 0) is 11.2 Å². The Bertz CT molecular complexity index is 781. The van der Waals surface area contributed by atoms with E-state index in [0.717, 1.165) is 24.4 Å². The number of hydrogen-bond acceptors (Lipinski definition) is 2. The number of benzene rings is 2. The molecule has 1 saturated carbocycles. The Hall–Kier alpha value is -2.00. The highest BCUT2D eigenvalue weighted by Crippen LogP contribution is 2.40. The Morgan fingerprint density at radius 3 is 2.62 bits per heavy atom. The van der Waals surface area contributed by atoms with E-state index in [0.29, 0.717) is 12.3 Å². The number of ketones is 1. The molecule has 136 valence electrons. The summed E-state index contributed by atoms with van der Waals surface area (Å²) in [5, 5.41) is 3.74. The zero-order valence-corrected chi connectivity index (χ0v) is 15.2. The van der Waals surface area contributed by atoms with Crippen LogP contribution in [0, 0.1) is 17.7 Å². The summed E-state index contributed by atoms with van der Waals surface area (Å²) in [6.45, 7) is 2.99. The number of fused-ring (bicyclic) bond motifs is 1. The summed E-state index contributed by atoms with van der Waals surface area (Å²) >= 11 is 0. The molecule has 2 aliphatic carbocycles. The van der Waals surface area contributed by atoms with Crippen molar-refractivity contribution in [3.63, 3.8) is 0 Å². The average Bonchev–Trinajstić information content (AvgIpc) is 3.41. The maximum Gasteiger partial charge on any atom is 0.140 e. The van der Waals surface area contributed by atoms with Gasteiger partial charge in [0.1, 0.15) is 11.6 Å². The fourth-order valence-electron chi connectivity index (χ4n) is 4.13. The second-order valence-corrected chi connectivity index (χ2v) is 7.94. The van der Waals surface area contributed by atoms with E-state index in [1.165, 1.54) is 36.1 Å². The molecule has 0 aromatic heterocycles. The third-order valence-corrected chi connectivity index (χ3v) is 5.98. The molecule has 0 saturated heterocycles. The van der Waals surface area contributed by atoms with E-state index in [1.807, 2.05) is 6.92 Å². The summed E-state index contributed by atoms with van der Waals surface area (Å²) in [5.74, 6) is 0.916. The van der Waals surface area contributed by atoms with Gasteiger partial charge in [-0.15, -0.1) is 0 Å². The Morgan fingerprint density at radius 1 is 1.15 bits per heavy atom. The van der Waals surface area contributed by atoms with Gasteiger partial charge in [0, 0.05) is 18.4 Å². The summed E-state index contributed by atoms with van der Waals surface area (Å²) in [6.07, 6.45) is 4.18. The molecule has 3 heteroatoms. The Balaban J connectivity index is 1.46. The van der Waals surface area contributed by atoms with Crippen LogP contribution in [0.3, 0.4) is 0 Å². The Labute approximate surface area is 154 Å². The van der Waals surface area contributed by atoms with E-state index < -0.39 is 0 Å². The van der Waals surface area contributed by atoms with Gasteiger partial charge in [-0.1, -0.05) is 43.3 Å². The summed E-state index contributed by atoms with van der Waals surface area (Å²) < 4.78 is 13.1. The monoisotopic (exact) mass is 351 g/mol. The Kier molecular flexibility index (Phi) is 4.90. The molecule has 0 radical (unpaired) electrons. The maximum atomic E-state index is 13.1. The second-order valence-electron chi connectivity index (χ2n) is 7.94. The summed E-state index contributed by atoms with van der Waals surface area (Å²) in [4.78, 5) is 12.9. The predicted octanol–water partition coefficient (Wildman–Crippen LogP) is 4.80. The summed E-state index contributed by atoms with van der Waals surface area (Å²) in [6, 6.07) is 15.2. The van der Waals surface area contributed by atoms with Gasteiger partial charge in [0.15, 0.2) is 0 Å². The lowest BCUT2D eigenvalue weighted by molar-refractivity contribution is -0.121. The van der Waals surface area contributed by atoms with Gasteiger partial charge in [0.2, 0.25) is 0 Å². The summed E-state index contributed by atoms with van der Waals surface area (Å²) in [7, 11) is 0. The third kappa shape index (κ3) is 3.73. The average molecular weight is 351 g/mol. The van der Waals surface area contributed by atoms with Crippen molar-refractivity contribution >= 4 is 5.78 Å². The highest BCUT2D eigenvalue weighted by molar-refractivity contribution is 5.85. The normalized spacial score (nSPS) is 22.8. The van der Waals surface area contributed by atoms with Crippen LogP contribution in [0.15, 0.2) is 48.5 Å². The lowest BCUT2D eigenvalue weighted by Crippen LogP contribution is -2.29. The Morgan fingerprint density at radius 2 is 1.88 bits per heavy atom. The quantitative estimate of drug-likeness (QED) is 0.776. The maximum absolute atomic E-state index is 13.1. The molecule has 0 aliphatic heterocycles. The van der Waals surface area contributed by atoms with Gasteiger partial charge in [-0.25, -0.2) is 4.39 Å². The van der Waals surface area contributed by atoms with E-state index in [1.54, 1.807) is 12.1 Å². The molecule has 2 nitrogen and oxygen atoms in total. The lowest BCUT2D eigenvalue weighted by atomic mass is 9.87. The molecule has 0 amide bonds. The first-order valence-corrected chi connectivity index (χ1v) is 9.71. The predicted molar refractivity (Wildman–Crippen MR) is 102 cm³/mol. The fourth-order valence-corrected chi connectivity index (χ4v) is 4.13. The number of carbonyl (C=O) groups excluding carboxylic acids is 1. The molecule has 1 N–H and O–H groups in total. The van der Waals surface area contributed by atoms with Crippen molar-refractivity contribution in [2.75, 3.05) is 6.54 Å².